The van der Waals surface area contributed by atoms with E-state index in [0.717, 1.165) is 15.4 Å². The van der Waals surface area contributed by atoms with E-state index in [0.29, 0.717) is 16.3 Å². The number of nitrogens with zero attached hydrogens (tertiary/aromatic N) is 2. The molecule has 0 aliphatic rings. The third-order valence-electron chi connectivity index (χ3n) is 6.10. The molecule has 7 nitrogen and oxygen atoms in total. The monoisotopic (exact) mass is 555 g/mol. The first-order valence-electron chi connectivity index (χ1n) is 12.4. The van der Waals surface area contributed by atoms with Gasteiger partial charge in [-0.2, -0.15) is 0 Å². The Hall–Kier alpha value is -3.36. The fourth-order valence-corrected chi connectivity index (χ4v) is 5.72. The third-order valence-corrected chi connectivity index (χ3v) is 8.12. The maximum absolute atomic E-state index is 13.9. The lowest BCUT2D eigenvalue weighted by atomic mass is 10.1. The number of anilines is 1. The van der Waals surface area contributed by atoms with Gasteiger partial charge in [0.05, 0.1) is 10.6 Å². The van der Waals surface area contributed by atoms with Gasteiger partial charge in [0.15, 0.2) is 0 Å². The second kappa shape index (κ2) is 12.5. The summed E-state index contributed by atoms with van der Waals surface area (Å²) in [4.78, 5) is 28.3. The molecule has 0 saturated carbocycles. The maximum Gasteiger partial charge on any atom is 0.264 e. The summed E-state index contributed by atoms with van der Waals surface area (Å²) in [5.74, 6) is -0.836. The number of aryl methyl sites for hydroxylation is 2. The lowest BCUT2D eigenvalue weighted by Gasteiger charge is -2.32. The molecule has 0 aliphatic heterocycles. The predicted molar refractivity (Wildman–Crippen MR) is 152 cm³/mol. The molecule has 0 bridgehead atoms. The lowest BCUT2D eigenvalue weighted by molar-refractivity contribution is -0.139. The minimum Gasteiger partial charge on any atom is -0.352 e. The van der Waals surface area contributed by atoms with Crippen molar-refractivity contribution >= 4 is 39.1 Å². The number of hydrogen-bond donors (Lipinski definition) is 1. The molecule has 2 amide bonds. The zero-order valence-corrected chi connectivity index (χ0v) is 23.9. The first-order chi connectivity index (χ1) is 17.9. The molecule has 1 N–H and O–H groups in total. The number of carbonyl (C=O) groups is 2. The highest BCUT2D eigenvalue weighted by atomic mass is 35.5. The summed E-state index contributed by atoms with van der Waals surface area (Å²) in [5.41, 5.74) is 2.85. The van der Waals surface area contributed by atoms with Crippen LogP contribution in [0.4, 0.5) is 5.69 Å². The van der Waals surface area contributed by atoms with Crippen LogP contribution in [0.15, 0.2) is 77.7 Å². The molecule has 0 aromatic heterocycles. The van der Waals surface area contributed by atoms with Crippen LogP contribution < -0.4 is 9.62 Å². The van der Waals surface area contributed by atoms with Gasteiger partial charge in [-0.05, 0) is 76.1 Å². The van der Waals surface area contributed by atoms with Crippen molar-refractivity contribution in [2.24, 2.45) is 0 Å². The minimum absolute atomic E-state index is 0.0719. The topological polar surface area (TPSA) is 86.8 Å². The van der Waals surface area contributed by atoms with Gasteiger partial charge in [0.2, 0.25) is 11.8 Å². The Morgan fingerprint density at radius 3 is 2.13 bits per heavy atom. The number of amides is 2. The van der Waals surface area contributed by atoms with Crippen molar-refractivity contribution in [2.45, 2.75) is 58.1 Å². The number of halogens is 1. The molecule has 1 atom stereocenters. The van der Waals surface area contributed by atoms with E-state index in [2.05, 4.69) is 5.32 Å². The molecular formula is C29H34ClN3O4S. The number of nitrogens with one attached hydrogen (secondary N) is 1. The highest BCUT2D eigenvalue weighted by Crippen LogP contribution is 2.28. The molecule has 0 heterocycles. The average molecular weight is 556 g/mol. The quantitative estimate of drug-likeness (QED) is 0.377. The van der Waals surface area contributed by atoms with E-state index in [1.54, 1.807) is 55.5 Å². The number of carbonyl (C=O) groups excluding carboxylic acids is 2. The Bertz CT molecular complexity index is 1380. The van der Waals surface area contributed by atoms with Crippen molar-refractivity contribution < 1.29 is 18.0 Å². The summed E-state index contributed by atoms with van der Waals surface area (Å²) in [7, 11) is -4.09. The van der Waals surface area contributed by atoms with E-state index in [-0.39, 0.29) is 23.4 Å². The summed E-state index contributed by atoms with van der Waals surface area (Å²) in [6.45, 7) is 8.67. The van der Waals surface area contributed by atoms with Crippen LogP contribution in [0.25, 0.3) is 0 Å². The van der Waals surface area contributed by atoms with Crippen LogP contribution in [-0.4, -0.2) is 43.8 Å². The molecule has 3 aromatic carbocycles. The van der Waals surface area contributed by atoms with Gasteiger partial charge in [-0.3, -0.25) is 13.9 Å². The SMILES string of the molecule is Cc1ccc(N(CC(=O)N(Cc2ccc(Cl)cc2)[C@@H](C)C(=O)NC(C)C)S(=O)(=O)c2ccccc2)c(C)c1. The van der Waals surface area contributed by atoms with Crippen LogP contribution in [0.5, 0.6) is 0 Å². The van der Waals surface area contributed by atoms with Gasteiger partial charge in [-0.1, -0.05) is 59.6 Å². The van der Waals surface area contributed by atoms with Gasteiger partial charge in [-0.25, -0.2) is 8.42 Å². The maximum atomic E-state index is 13.9. The number of rotatable bonds is 10. The molecule has 0 aliphatic carbocycles. The Morgan fingerprint density at radius 1 is 0.921 bits per heavy atom. The molecular weight excluding hydrogens is 522 g/mol. The lowest BCUT2D eigenvalue weighted by Crippen LogP contribution is -2.52. The first kappa shape index (κ1) is 29.2. The Morgan fingerprint density at radius 2 is 1.55 bits per heavy atom. The number of hydrogen-bond acceptors (Lipinski definition) is 4. The Labute approximate surface area is 230 Å². The molecule has 9 heteroatoms. The molecule has 38 heavy (non-hydrogen) atoms. The fourth-order valence-electron chi connectivity index (χ4n) is 4.09. The van der Waals surface area contributed by atoms with Crippen LogP contribution in [0.3, 0.4) is 0 Å². The van der Waals surface area contributed by atoms with Gasteiger partial charge < -0.3 is 10.2 Å². The van der Waals surface area contributed by atoms with Gasteiger partial charge in [-0.15, -0.1) is 0 Å². The molecule has 0 radical (unpaired) electrons. The van der Waals surface area contributed by atoms with E-state index in [1.807, 2.05) is 39.8 Å². The van der Waals surface area contributed by atoms with Crippen LogP contribution in [-0.2, 0) is 26.2 Å². The zero-order valence-electron chi connectivity index (χ0n) is 22.3. The van der Waals surface area contributed by atoms with Crippen LogP contribution >= 0.6 is 11.6 Å². The van der Waals surface area contributed by atoms with Crippen LogP contribution in [0.1, 0.15) is 37.5 Å². The van der Waals surface area contributed by atoms with E-state index in [9.17, 15) is 18.0 Å². The highest BCUT2D eigenvalue weighted by Gasteiger charge is 2.33. The van der Waals surface area contributed by atoms with E-state index in [4.69, 9.17) is 11.6 Å². The van der Waals surface area contributed by atoms with Gasteiger partial charge in [0.1, 0.15) is 12.6 Å². The van der Waals surface area contributed by atoms with E-state index >= 15 is 0 Å². The number of sulfonamides is 1. The van der Waals surface area contributed by atoms with Crippen LogP contribution in [0.2, 0.25) is 5.02 Å². The highest BCUT2D eigenvalue weighted by molar-refractivity contribution is 7.92. The summed E-state index contributed by atoms with van der Waals surface area (Å²) in [6.07, 6.45) is 0. The fraction of sp³-hybridized carbons (Fsp3) is 0.310. The molecule has 3 rings (SSSR count). The molecule has 3 aromatic rings. The second-order valence-corrected chi connectivity index (χ2v) is 11.9. The Balaban J connectivity index is 2.05. The molecule has 0 saturated heterocycles. The largest absolute Gasteiger partial charge is 0.352 e. The van der Waals surface area contributed by atoms with Crippen molar-refractivity contribution in [1.82, 2.24) is 10.2 Å². The van der Waals surface area contributed by atoms with Gasteiger partial charge in [0, 0.05) is 17.6 Å². The molecule has 0 spiro atoms. The normalized spacial score (nSPS) is 12.2. The van der Waals surface area contributed by atoms with Crippen molar-refractivity contribution in [3.8, 4) is 0 Å². The summed E-state index contributed by atoms with van der Waals surface area (Å²) in [6, 6.07) is 19.4. The Kier molecular flexibility index (Phi) is 9.57. The second-order valence-electron chi connectivity index (χ2n) is 9.60. The first-order valence-corrected chi connectivity index (χ1v) is 14.2. The van der Waals surface area contributed by atoms with Crippen molar-refractivity contribution in [1.29, 1.82) is 0 Å². The predicted octanol–water partition coefficient (Wildman–Crippen LogP) is 5.09. The van der Waals surface area contributed by atoms with Crippen molar-refractivity contribution in [3.05, 3.63) is 94.5 Å². The summed E-state index contributed by atoms with van der Waals surface area (Å²) in [5, 5.41) is 3.39. The van der Waals surface area contributed by atoms with Crippen LogP contribution in [0, 0.1) is 13.8 Å². The van der Waals surface area contributed by atoms with Crippen molar-refractivity contribution in [2.75, 3.05) is 10.8 Å². The summed E-state index contributed by atoms with van der Waals surface area (Å²) >= 11 is 6.03. The minimum atomic E-state index is -4.09. The standard InChI is InChI=1S/C29H34ClN3O4S/c1-20(2)31-29(35)23(5)32(18-24-12-14-25(30)15-13-24)28(34)19-33(27-16-11-21(3)17-22(27)4)38(36,37)26-9-7-6-8-10-26/h6-17,20,23H,18-19H2,1-5H3,(H,31,35)/t23-/m0/s1. The molecule has 202 valence electrons. The van der Waals surface area contributed by atoms with Gasteiger partial charge in [0.25, 0.3) is 10.0 Å². The van der Waals surface area contributed by atoms with Crippen molar-refractivity contribution in [3.63, 3.8) is 0 Å². The number of benzene rings is 3. The van der Waals surface area contributed by atoms with Gasteiger partial charge >= 0.3 is 0 Å². The van der Waals surface area contributed by atoms with E-state index < -0.39 is 28.5 Å². The smallest absolute Gasteiger partial charge is 0.264 e. The summed E-state index contributed by atoms with van der Waals surface area (Å²) < 4.78 is 28.8. The molecule has 0 unspecified atom stereocenters. The van der Waals surface area contributed by atoms with E-state index in [1.165, 1.54) is 17.0 Å². The third kappa shape index (κ3) is 7.14. The zero-order chi connectivity index (χ0) is 28.0. The average Bonchev–Trinajstić information content (AvgIpc) is 2.87. The molecule has 0 fully saturated rings.